The van der Waals surface area contributed by atoms with E-state index in [4.69, 9.17) is 9.51 Å². The van der Waals surface area contributed by atoms with Crippen LogP contribution in [0.4, 0.5) is 0 Å². The highest BCUT2D eigenvalue weighted by atomic mass is 16.5. The average Bonchev–Trinajstić information content (AvgIpc) is 2.94. The van der Waals surface area contributed by atoms with Crippen LogP contribution in [-0.4, -0.2) is 21.4 Å². The molecule has 0 saturated heterocycles. The summed E-state index contributed by atoms with van der Waals surface area (Å²) >= 11 is 0. The zero-order chi connectivity index (χ0) is 14.6. The lowest BCUT2D eigenvalue weighted by atomic mass is 9.49. The van der Waals surface area contributed by atoms with Crippen molar-refractivity contribution in [3.8, 4) is 0 Å². The van der Waals surface area contributed by atoms with Crippen molar-refractivity contribution in [2.24, 2.45) is 17.8 Å². The topological polar surface area (TPSA) is 59.2 Å². The summed E-state index contributed by atoms with van der Waals surface area (Å²) in [5, 5.41) is 14.3. The van der Waals surface area contributed by atoms with Gasteiger partial charge in [-0.25, -0.2) is 0 Å². The van der Waals surface area contributed by atoms with Gasteiger partial charge in [-0.05, 0) is 62.7 Å². The zero-order valence-corrected chi connectivity index (χ0v) is 13.1. The second-order valence-corrected chi connectivity index (χ2v) is 7.92. The fourth-order valence-corrected chi connectivity index (χ4v) is 5.54. The molecular weight excluding hydrogens is 264 g/mol. The fourth-order valence-electron chi connectivity index (χ4n) is 5.54. The third kappa shape index (κ3) is 2.14. The van der Waals surface area contributed by atoms with Crippen LogP contribution in [0.2, 0.25) is 0 Å². The molecule has 2 unspecified atom stereocenters. The molecule has 21 heavy (non-hydrogen) atoms. The highest BCUT2D eigenvalue weighted by molar-refractivity contribution is 5.17. The van der Waals surface area contributed by atoms with E-state index in [1.54, 1.807) is 0 Å². The molecule has 4 bridgehead atoms. The van der Waals surface area contributed by atoms with Crippen LogP contribution in [0.15, 0.2) is 4.52 Å². The number of aromatic nitrogens is 2. The SMILES string of the molecule is CCC(O)C(C)c1nc(C23CC4CC(CC(C4)C2)C3)no1. The number of aliphatic hydroxyl groups is 1. The Morgan fingerprint density at radius 2 is 1.76 bits per heavy atom. The predicted octanol–water partition coefficient (Wildman–Crippen LogP) is 3.41. The van der Waals surface area contributed by atoms with Gasteiger partial charge in [0.25, 0.3) is 0 Å². The third-order valence-electron chi connectivity index (χ3n) is 6.34. The average molecular weight is 290 g/mol. The molecular formula is C17H26N2O2. The summed E-state index contributed by atoms with van der Waals surface area (Å²) in [6.07, 6.45) is 8.36. The third-order valence-corrected chi connectivity index (χ3v) is 6.34. The maximum absolute atomic E-state index is 10.00. The molecule has 0 spiro atoms. The van der Waals surface area contributed by atoms with Gasteiger partial charge in [0, 0.05) is 5.41 Å². The summed E-state index contributed by atoms with van der Waals surface area (Å²) in [5.74, 6) is 4.15. The molecule has 1 N–H and O–H groups in total. The van der Waals surface area contributed by atoms with Crippen LogP contribution in [0.5, 0.6) is 0 Å². The minimum atomic E-state index is -0.394. The molecule has 4 fully saturated rings. The molecule has 1 aromatic rings. The molecule has 4 aliphatic carbocycles. The van der Waals surface area contributed by atoms with Crippen LogP contribution in [0.25, 0.3) is 0 Å². The molecule has 0 amide bonds. The van der Waals surface area contributed by atoms with Crippen molar-refractivity contribution in [1.82, 2.24) is 10.1 Å². The molecule has 2 atom stereocenters. The van der Waals surface area contributed by atoms with E-state index in [0.29, 0.717) is 5.89 Å². The lowest BCUT2D eigenvalue weighted by Gasteiger charge is -2.55. The number of hydrogen-bond donors (Lipinski definition) is 1. The van der Waals surface area contributed by atoms with Crippen LogP contribution in [0, 0.1) is 17.8 Å². The summed E-state index contributed by atoms with van der Waals surface area (Å²) in [4.78, 5) is 4.73. The second-order valence-electron chi connectivity index (χ2n) is 7.92. The van der Waals surface area contributed by atoms with Crippen LogP contribution in [0.1, 0.15) is 76.4 Å². The Labute approximate surface area is 126 Å². The lowest BCUT2D eigenvalue weighted by Crippen LogP contribution is -2.49. The quantitative estimate of drug-likeness (QED) is 0.923. The van der Waals surface area contributed by atoms with Crippen molar-refractivity contribution >= 4 is 0 Å². The van der Waals surface area contributed by atoms with Crippen LogP contribution < -0.4 is 0 Å². The van der Waals surface area contributed by atoms with Crippen molar-refractivity contribution in [1.29, 1.82) is 0 Å². The summed E-state index contributed by atoms with van der Waals surface area (Å²) < 4.78 is 5.52. The Balaban J connectivity index is 1.61. The Hall–Kier alpha value is -0.900. The second kappa shape index (κ2) is 4.80. The molecule has 4 saturated carbocycles. The Morgan fingerprint density at radius 3 is 2.29 bits per heavy atom. The first-order chi connectivity index (χ1) is 10.1. The van der Waals surface area contributed by atoms with Gasteiger partial charge < -0.3 is 9.63 Å². The molecule has 1 heterocycles. The van der Waals surface area contributed by atoms with E-state index in [1.807, 2.05) is 13.8 Å². The Morgan fingerprint density at radius 1 is 1.19 bits per heavy atom. The summed E-state index contributed by atoms with van der Waals surface area (Å²) in [6, 6.07) is 0. The van der Waals surface area contributed by atoms with E-state index in [-0.39, 0.29) is 11.3 Å². The number of nitrogens with zero attached hydrogens (tertiary/aromatic N) is 2. The van der Waals surface area contributed by atoms with Gasteiger partial charge >= 0.3 is 0 Å². The molecule has 4 heteroatoms. The fraction of sp³-hybridized carbons (Fsp3) is 0.882. The maximum atomic E-state index is 10.00. The first-order valence-corrected chi connectivity index (χ1v) is 8.62. The minimum Gasteiger partial charge on any atom is -0.392 e. The Bertz CT molecular complexity index is 489. The van der Waals surface area contributed by atoms with Crippen molar-refractivity contribution < 1.29 is 9.63 Å². The first kappa shape index (κ1) is 13.7. The van der Waals surface area contributed by atoms with Gasteiger partial charge in [0.15, 0.2) is 5.82 Å². The van der Waals surface area contributed by atoms with Crippen LogP contribution in [-0.2, 0) is 5.41 Å². The minimum absolute atomic E-state index is 0.0647. The summed E-state index contributed by atoms with van der Waals surface area (Å²) in [5.41, 5.74) is 0.188. The highest BCUT2D eigenvalue weighted by Crippen LogP contribution is 2.60. The van der Waals surface area contributed by atoms with E-state index in [2.05, 4.69) is 5.16 Å². The molecule has 0 aliphatic heterocycles. The lowest BCUT2D eigenvalue weighted by molar-refractivity contribution is -0.0103. The molecule has 5 rings (SSSR count). The normalized spacial score (nSPS) is 40.4. The monoisotopic (exact) mass is 290 g/mol. The van der Waals surface area contributed by atoms with Crippen molar-refractivity contribution in [2.75, 3.05) is 0 Å². The maximum Gasteiger partial charge on any atom is 0.232 e. The molecule has 116 valence electrons. The van der Waals surface area contributed by atoms with Gasteiger partial charge in [-0.3, -0.25) is 0 Å². The standard InChI is InChI=1S/C17H26N2O2/c1-3-14(20)10(2)15-18-16(19-21-15)17-7-11-4-12(8-17)6-13(5-11)9-17/h10-14,20H,3-9H2,1-2H3. The molecule has 4 nitrogen and oxygen atoms in total. The zero-order valence-electron chi connectivity index (χ0n) is 13.1. The number of aliphatic hydroxyl groups excluding tert-OH is 1. The molecule has 4 aliphatic rings. The van der Waals surface area contributed by atoms with Gasteiger partial charge in [-0.15, -0.1) is 0 Å². The van der Waals surface area contributed by atoms with Crippen LogP contribution in [0.3, 0.4) is 0 Å². The van der Waals surface area contributed by atoms with Gasteiger partial charge in [0.05, 0.1) is 12.0 Å². The van der Waals surface area contributed by atoms with Crippen molar-refractivity contribution in [3.05, 3.63) is 11.7 Å². The first-order valence-electron chi connectivity index (χ1n) is 8.62. The molecule has 1 aromatic heterocycles. The highest BCUT2D eigenvalue weighted by Gasteiger charge is 2.53. The van der Waals surface area contributed by atoms with Gasteiger partial charge in [0.1, 0.15) is 0 Å². The van der Waals surface area contributed by atoms with E-state index in [0.717, 1.165) is 30.0 Å². The predicted molar refractivity (Wildman–Crippen MR) is 78.9 cm³/mol. The summed E-state index contributed by atoms with van der Waals surface area (Å²) in [6.45, 7) is 3.96. The summed E-state index contributed by atoms with van der Waals surface area (Å²) in [7, 11) is 0. The van der Waals surface area contributed by atoms with Gasteiger partial charge in [0.2, 0.25) is 5.89 Å². The smallest absolute Gasteiger partial charge is 0.232 e. The van der Waals surface area contributed by atoms with E-state index >= 15 is 0 Å². The largest absolute Gasteiger partial charge is 0.392 e. The van der Waals surface area contributed by atoms with Crippen molar-refractivity contribution in [2.45, 2.75) is 76.2 Å². The van der Waals surface area contributed by atoms with E-state index < -0.39 is 6.10 Å². The van der Waals surface area contributed by atoms with Crippen LogP contribution >= 0.6 is 0 Å². The number of rotatable bonds is 4. The van der Waals surface area contributed by atoms with E-state index in [9.17, 15) is 5.11 Å². The number of hydrogen-bond acceptors (Lipinski definition) is 4. The Kier molecular flexibility index (Phi) is 3.14. The van der Waals surface area contributed by atoms with E-state index in [1.165, 1.54) is 38.5 Å². The van der Waals surface area contributed by atoms with Gasteiger partial charge in [-0.1, -0.05) is 19.0 Å². The molecule has 0 radical (unpaired) electrons. The van der Waals surface area contributed by atoms with Gasteiger partial charge in [-0.2, -0.15) is 4.98 Å². The molecule has 0 aromatic carbocycles. The van der Waals surface area contributed by atoms with Crippen molar-refractivity contribution in [3.63, 3.8) is 0 Å².